The lowest BCUT2D eigenvalue weighted by molar-refractivity contribution is 0.0288. The minimum Gasteiger partial charge on any atom is -0.447 e. The quantitative estimate of drug-likeness (QED) is 0.785. The maximum absolute atomic E-state index is 11.9. The molecule has 22 heavy (non-hydrogen) atoms. The number of morpholine rings is 1. The summed E-state index contributed by atoms with van der Waals surface area (Å²) in [7, 11) is 0. The zero-order chi connectivity index (χ0) is 15.8. The van der Waals surface area contributed by atoms with Crippen molar-refractivity contribution in [2.75, 3.05) is 39.5 Å². The van der Waals surface area contributed by atoms with Crippen molar-refractivity contribution in [2.45, 2.75) is 13.8 Å². The molecule has 0 saturated carbocycles. The summed E-state index contributed by atoms with van der Waals surface area (Å²) in [5.74, 6) is 0.161. The summed E-state index contributed by atoms with van der Waals surface area (Å²) < 4.78 is 10.5. The highest BCUT2D eigenvalue weighted by Crippen LogP contribution is 2.10. The van der Waals surface area contributed by atoms with Crippen molar-refractivity contribution in [1.82, 2.24) is 4.90 Å². The summed E-state index contributed by atoms with van der Waals surface area (Å²) in [5.41, 5.74) is 1.72. The molecule has 0 aliphatic carbocycles. The Morgan fingerprint density at radius 2 is 1.95 bits per heavy atom. The molecule has 1 aliphatic rings. The van der Waals surface area contributed by atoms with E-state index in [4.69, 9.17) is 9.47 Å². The van der Waals surface area contributed by atoms with Gasteiger partial charge in [0.05, 0.1) is 18.9 Å². The zero-order valence-electron chi connectivity index (χ0n) is 13.3. The molecular formula is C17H24N2O3. The first-order valence-corrected chi connectivity index (χ1v) is 7.77. The molecule has 2 rings (SSSR count). The van der Waals surface area contributed by atoms with Crippen LogP contribution in [0.5, 0.6) is 0 Å². The molecule has 0 atom stereocenters. The molecule has 1 heterocycles. The second kappa shape index (κ2) is 8.66. The number of carbonyl (C=O) groups is 1. The van der Waals surface area contributed by atoms with Crippen molar-refractivity contribution in [3.05, 3.63) is 35.9 Å². The van der Waals surface area contributed by atoms with Crippen LogP contribution in [0.25, 0.3) is 0 Å². The second-order valence-electron chi connectivity index (χ2n) is 5.59. The van der Waals surface area contributed by atoms with Crippen LogP contribution in [0.2, 0.25) is 0 Å². The number of hydrogen-bond acceptors (Lipinski definition) is 4. The van der Waals surface area contributed by atoms with Crippen molar-refractivity contribution >= 4 is 11.8 Å². The maximum Gasteiger partial charge on any atom is 0.433 e. The Labute approximate surface area is 131 Å². The van der Waals surface area contributed by atoms with Gasteiger partial charge in [-0.1, -0.05) is 44.2 Å². The number of ether oxygens (including phenoxy) is 2. The normalized spacial score (nSPS) is 16.8. The molecular weight excluding hydrogens is 280 g/mol. The van der Waals surface area contributed by atoms with Crippen molar-refractivity contribution in [2.24, 2.45) is 10.9 Å². The standard InChI is InChI=1S/C17H24N2O3/c1-14(2)16(15-6-4-3-5-7-15)18-17(20)22-13-10-19-8-11-21-12-9-19/h3-7,14H,8-13H2,1-2H3/b18-16-. The number of aliphatic imine (C=N–C) groups is 1. The SMILES string of the molecule is CC(C)/C(=N/C(=O)OCCN1CCOCC1)c1ccccc1. The Morgan fingerprint density at radius 3 is 2.59 bits per heavy atom. The van der Waals surface area contributed by atoms with E-state index in [1.807, 2.05) is 44.2 Å². The molecule has 1 aromatic rings. The van der Waals surface area contributed by atoms with Crippen LogP contribution in [0.4, 0.5) is 4.79 Å². The van der Waals surface area contributed by atoms with Crippen LogP contribution in [0, 0.1) is 5.92 Å². The molecule has 0 aromatic heterocycles. The Hall–Kier alpha value is -1.72. The highest BCUT2D eigenvalue weighted by atomic mass is 16.5. The molecule has 0 unspecified atom stereocenters. The first-order valence-electron chi connectivity index (χ1n) is 7.77. The second-order valence-corrected chi connectivity index (χ2v) is 5.59. The fourth-order valence-electron chi connectivity index (χ4n) is 2.35. The zero-order valence-corrected chi connectivity index (χ0v) is 13.3. The van der Waals surface area contributed by atoms with E-state index < -0.39 is 6.09 Å². The average Bonchev–Trinajstić information content (AvgIpc) is 2.54. The van der Waals surface area contributed by atoms with Crippen LogP contribution in [0.3, 0.4) is 0 Å². The molecule has 0 bridgehead atoms. The lowest BCUT2D eigenvalue weighted by atomic mass is 10.0. The molecule has 1 aromatic carbocycles. The molecule has 0 spiro atoms. The van der Waals surface area contributed by atoms with E-state index in [9.17, 15) is 4.79 Å². The van der Waals surface area contributed by atoms with Crippen molar-refractivity contribution in [3.8, 4) is 0 Å². The molecule has 5 heteroatoms. The molecule has 0 N–H and O–H groups in total. The van der Waals surface area contributed by atoms with Gasteiger partial charge in [0.1, 0.15) is 6.61 Å². The highest BCUT2D eigenvalue weighted by Gasteiger charge is 2.13. The molecule has 120 valence electrons. The van der Waals surface area contributed by atoms with Crippen LogP contribution in [0.15, 0.2) is 35.3 Å². The third-order valence-electron chi connectivity index (χ3n) is 3.56. The summed E-state index contributed by atoms with van der Waals surface area (Å²) >= 11 is 0. The maximum atomic E-state index is 11.9. The number of benzene rings is 1. The van der Waals surface area contributed by atoms with Crippen LogP contribution < -0.4 is 0 Å². The van der Waals surface area contributed by atoms with Crippen LogP contribution in [0.1, 0.15) is 19.4 Å². The molecule has 1 aliphatic heterocycles. The summed E-state index contributed by atoms with van der Waals surface area (Å²) in [4.78, 5) is 18.3. The molecule has 0 radical (unpaired) electrons. The van der Waals surface area contributed by atoms with Gasteiger partial charge in [0, 0.05) is 19.6 Å². The van der Waals surface area contributed by atoms with Gasteiger partial charge < -0.3 is 9.47 Å². The van der Waals surface area contributed by atoms with Gasteiger partial charge in [-0.05, 0) is 11.5 Å². The van der Waals surface area contributed by atoms with E-state index >= 15 is 0 Å². The summed E-state index contributed by atoms with van der Waals surface area (Å²) in [6.07, 6.45) is -0.513. The van der Waals surface area contributed by atoms with E-state index in [1.165, 1.54) is 0 Å². The first-order chi connectivity index (χ1) is 10.7. The third-order valence-corrected chi connectivity index (χ3v) is 3.56. The molecule has 1 saturated heterocycles. The van der Waals surface area contributed by atoms with Gasteiger partial charge in [0.15, 0.2) is 0 Å². The van der Waals surface area contributed by atoms with Crippen molar-refractivity contribution < 1.29 is 14.3 Å². The van der Waals surface area contributed by atoms with Gasteiger partial charge in [-0.3, -0.25) is 4.90 Å². The van der Waals surface area contributed by atoms with Gasteiger partial charge in [-0.25, -0.2) is 4.79 Å². The number of hydrogen-bond donors (Lipinski definition) is 0. The highest BCUT2D eigenvalue weighted by molar-refractivity contribution is 6.06. The van der Waals surface area contributed by atoms with Crippen molar-refractivity contribution in [1.29, 1.82) is 0 Å². The third kappa shape index (κ3) is 5.24. The van der Waals surface area contributed by atoms with Crippen molar-refractivity contribution in [3.63, 3.8) is 0 Å². The first kappa shape index (κ1) is 16.6. The van der Waals surface area contributed by atoms with E-state index in [0.717, 1.165) is 44.1 Å². The minimum absolute atomic E-state index is 0.161. The van der Waals surface area contributed by atoms with Crippen LogP contribution in [-0.4, -0.2) is 56.2 Å². The summed E-state index contributed by atoms with van der Waals surface area (Å²) in [6, 6.07) is 9.75. The predicted octanol–water partition coefficient (Wildman–Crippen LogP) is 2.60. The van der Waals surface area contributed by atoms with Crippen LogP contribution in [-0.2, 0) is 9.47 Å². The molecule has 1 fully saturated rings. The van der Waals surface area contributed by atoms with Gasteiger partial charge in [0.25, 0.3) is 0 Å². The average molecular weight is 304 g/mol. The fourth-order valence-corrected chi connectivity index (χ4v) is 2.35. The lowest BCUT2D eigenvalue weighted by Crippen LogP contribution is -2.38. The number of nitrogens with zero attached hydrogens (tertiary/aromatic N) is 2. The van der Waals surface area contributed by atoms with E-state index in [-0.39, 0.29) is 5.92 Å². The predicted molar refractivity (Wildman–Crippen MR) is 86.4 cm³/mol. The Morgan fingerprint density at radius 1 is 1.27 bits per heavy atom. The Kier molecular flexibility index (Phi) is 6.55. The Bertz CT molecular complexity index is 494. The number of rotatable bonds is 5. The van der Waals surface area contributed by atoms with Gasteiger partial charge in [0.2, 0.25) is 0 Å². The molecule has 1 amide bonds. The van der Waals surface area contributed by atoms with Gasteiger partial charge >= 0.3 is 6.09 Å². The number of carbonyl (C=O) groups excluding carboxylic acids is 1. The largest absolute Gasteiger partial charge is 0.447 e. The topological polar surface area (TPSA) is 51.1 Å². The van der Waals surface area contributed by atoms with Crippen LogP contribution >= 0.6 is 0 Å². The van der Waals surface area contributed by atoms with E-state index in [2.05, 4.69) is 9.89 Å². The van der Waals surface area contributed by atoms with E-state index in [1.54, 1.807) is 0 Å². The Balaban J connectivity index is 1.87. The summed E-state index contributed by atoms with van der Waals surface area (Å²) in [5, 5.41) is 0. The van der Waals surface area contributed by atoms with Gasteiger partial charge in [-0.15, -0.1) is 0 Å². The monoisotopic (exact) mass is 304 g/mol. The number of amides is 1. The smallest absolute Gasteiger partial charge is 0.433 e. The van der Waals surface area contributed by atoms with E-state index in [0.29, 0.717) is 6.61 Å². The lowest BCUT2D eigenvalue weighted by Gasteiger charge is -2.25. The van der Waals surface area contributed by atoms with Gasteiger partial charge in [-0.2, -0.15) is 4.99 Å². The summed E-state index contributed by atoms with van der Waals surface area (Å²) in [6.45, 7) is 8.41. The molecule has 5 nitrogen and oxygen atoms in total. The fraction of sp³-hybridized carbons (Fsp3) is 0.529. The minimum atomic E-state index is -0.513.